The molecule has 0 radical (unpaired) electrons. The average molecular weight is 391 g/mol. The maximum Gasteiger partial charge on any atom is 0.264 e. The summed E-state index contributed by atoms with van der Waals surface area (Å²) in [6.45, 7) is 4.34. The molecule has 7 heteroatoms. The van der Waals surface area contributed by atoms with Crippen LogP contribution in [0.15, 0.2) is 21.4 Å². The Hall–Kier alpha value is -1.73. The fourth-order valence-corrected chi connectivity index (χ4v) is 4.09. The highest BCUT2D eigenvalue weighted by atomic mass is 32.1. The first-order valence-electron chi connectivity index (χ1n) is 10.1. The molecule has 0 spiro atoms. The van der Waals surface area contributed by atoms with Gasteiger partial charge >= 0.3 is 0 Å². The molecular formula is C20H30N4O2S. The van der Waals surface area contributed by atoms with Crippen LogP contribution in [0.5, 0.6) is 5.88 Å². The summed E-state index contributed by atoms with van der Waals surface area (Å²) in [6.07, 6.45) is 13.2. The van der Waals surface area contributed by atoms with Crippen LogP contribution in [0.25, 0.3) is 0 Å². The van der Waals surface area contributed by atoms with Gasteiger partial charge in [0.25, 0.3) is 5.56 Å². The minimum Gasteiger partial charge on any atom is -0.494 e. The first-order valence-corrected chi connectivity index (χ1v) is 10.5. The normalized spacial score (nSPS) is 18.7. The lowest BCUT2D eigenvalue weighted by atomic mass is 9.97. The van der Waals surface area contributed by atoms with Crippen molar-refractivity contribution in [3.05, 3.63) is 32.3 Å². The zero-order valence-electron chi connectivity index (χ0n) is 16.0. The van der Waals surface area contributed by atoms with Gasteiger partial charge in [0, 0.05) is 19.3 Å². The molecule has 148 valence electrons. The van der Waals surface area contributed by atoms with E-state index < -0.39 is 0 Å². The molecule has 6 nitrogen and oxygen atoms in total. The van der Waals surface area contributed by atoms with Gasteiger partial charge < -0.3 is 10.0 Å². The topological polar surface area (TPSA) is 73.6 Å². The third-order valence-corrected chi connectivity index (χ3v) is 5.79. The van der Waals surface area contributed by atoms with Gasteiger partial charge in [-0.05, 0) is 70.3 Å². The summed E-state index contributed by atoms with van der Waals surface area (Å²) >= 11 is 5.25. The molecule has 0 saturated carbocycles. The number of aromatic amines is 1. The van der Waals surface area contributed by atoms with Crippen LogP contribution < -0.4 is 5.56 Å². The summed E-state index contributed by atoms with van der Waals surface area (Å²) in [6, 6.07) is 0. The number of nitrogens with zero attached hydrogens (tertiary/aromatic N) is 3. The molecular weight excluding hydrogens is 360 g/mol. The minimum atomic E-state index is -0.382. The second kappa shape index (κ2) is 9.99. The Bertz CT molecular complexity index is 803. The molecule has 0 bridgehead atoms. The third kappa shape index (κ3) is 5.62. The van der Waals surface area contributed by atoms with Crippen LogP contribution in [0, 0.1) is 4.77 Å². The molecule has 2 aliphatic rings. The third-order valence-electron chi connectivity index (χ3n) is 5.46. The van der Waals surface area contributed by atoms with Gasteiger partial charge in [0.2, 0.25) is 5.88 Å². The number of rotatable bonds is 7. The van der Waals surface area contributed by atoms with Crippen molar-refractivity contribution in [2.45, 2.75) is 57.9 Å². The fourth-order valence-electron chi connectivity index (χ4n) is 3.82. The first-order chi connectivity index (χ1) is 13.1. The van der Waals surface area contributed by atoms with Crippen molar-refractivity contribution in [3.63, 3.8) is 0 Å². The highest BCUT2D eigenvalue weighted by Crippen LogP contribution is 2.22. The molecule has 0 aromatic carbocycles. The van der Waals surface area contributed by atoms with E-state index in [0.29, 0.717) is 13.1 Å². The highest BCUT2D eigenvalue weighted by Gasteiger charge is 2.13. The molecule has 3 rings (SSSR count). The van der Waals surface area contributed by atoms with Crippen molar-refractivity contribution >= 4 is 18.4 Å². The molecule has 2 N–H and O–H groups in total. The fraction of sp³-hybridized carbons (Fsp3) is 0.650. The van der Waals surface area contributed by atoms with Crippen molar-refractivity contribution in [3.8, 4) is 5.88 Å². The van der Waals surface area contributed by atoms with Crippen LogP contribution in [0.3, 0.4) is 0 Å². The number of likely N-dealkylation sites (tertiary alicyclic amines) is 1. The molecule has 1 aromatic rings. The molecule has 2 heterocycles. The smallest absolute Gasteiger partial charge is 0.264 e. The molecule has 1 aliphatic carbocycles. The number of hydrogen-bond donors (Lipinski definition) is 2. The maximum atomic E-state index is 12.2. The van der Waals surface area contributed by atoms with Gasteiger partial charge in [0.05, 0.1) is 6.54 Å². The van der Waals surface area contributed by atoms with Gasteiger partial charge in [0.15, 0.2) is 4.77 Å². The Kier molecular flexibility index (Phi) is 7.41. The summed E-state index contributed by atoms with van der Waals surface area (Å²) in [5, 5.41) is 10.6. The Labute approximate surface area is 165 Å². The van der Waals surface area contributed by atoms with E-state index in [1.807, 2.05) is 0 Å². The molecule has 0 atom stereocenters. The van der Waals surface area contributed by atoms with E-state index in [0.717, 1.165) is 38.9 Å². The average Bonchev–Trinajstić information content (AvgIpc) is 2.68. The molecule has 1 aliphatic heterocycles. The van der Waals surface area contributed by atoms with Crippen LogP contribution in [0.2, 0.25) is 0 Å². The number of aromatic nitrogens is 2. The van der Waals surface area contributed by atoms with E-state index >= 15 is 0 Å². The van der Waals surface area contributed by atoms with Gasteiger partial charge in [0.1, 0.15) is 5.56 Å². The molecule has 27 heavy (non-hydrogen) atoms. The monoisotopic (exact) mass is 390 g/mol. The Morgan fingerprint density at radius 3 is 2.74 bits per heavy atom. The number of hydrogen-bond acceptors (Lipinski definition) is 5. The maximum absolute atomic E-state index is 12.2. The van der Waals surface area contributed by atoms with Gasteiger partial charge in [-0.15, -0.1) is 0 Å². The van der Waals surface area contributed by atoms with Crippen LogP contribution >= 0.6 is 12.2 Å². The summed E-state index contributed by atoms with van der Waals surface area (Å²) in [5.74, 6) is -0.0816. The van der Waals surface area contributed by atoms with Crippen molar-refractivity contribution in [2.24, 2.45) is 4.99 Å². The number of piperidine rings is 1. The number of aliphatic imine (C=N–C) groups is 1. The summed E-state index contributed by atoms with van der Waals surface area (Å²) < 4.78 is 1.87. The van der Waals surface area contributed by atoms with E-state index in [-0.39, 0.29) is 21.8 Å². The number of allylic oxidation sites excluding steroid dienone is 2. The standard InChI is InChI=1S/C20H30N4O2S/c25-18-17(15-21-10-14-23-11-5-2-6-12-23)19(26)24(20(27)22-18)13-9-16-7-3-1-4-8-16/h7,15,26H,1-6,8-14H2,(H,22,25,27). The Balaban J connectivity index is 1.65. The zero-order valence-corrected chi connectivity index (χ0v) is 16.8. The largest absolute Gasteiger partial charge is 0.494 e. The summed E-state index contributed by atoms with van der Waals surface area (Å²) in [7, 11) is 0. The number of aromatic hydroxyl groups is 1. The SMILES string of the molecule is O=c1[nH]c(=S)n(CCC2=CCCCC2)c(O)c1C=NCCN1CCCCC1. The van der Waals surface area contributed by atoms with E-state index in [4.69, 9.17) is 12.2 Å². The van der Waals surface area contributed by atoms with Crippen LogP contribution in [0.1, 0.15) is 56.9 Å². The predicted octanol–water partition coefficient (Wildman–Crippen LogP) is 3.41. The quantitative estimate of drug-likeness (QED) is 0.425. The summed E-state index contributed by atoms with van der Waals surface area (Å²) in [4.78, 5) is 21.6. The lowest BCUT2D eigenvalue weighted by Crippen LogP contribution is -2.31. The lowest BCUT2D eigenvalue weighted by Gasteiger charge is -2.25. The molecule has 0 amide bonds. The van der Waals surface area contributed by atoms with Crippen molar-refractivity contribution in [1.82, 2.24) is 14.5 Å². The molecule has 1 fully saturated rings. The van der Waals surface area contributed by atoms with E-state index in [9.17, 15) is 9.90 Å². The Morgan fingerprint density at radius 2 is 2.00 bits per heavy atom. The van der Waals surface area contributed by atoms with Crippen molar-refractivity contribution in [2.75, 3.05) is 26.2 Å². The summed E-state index contributed by atoms with van der Waals surface area (Å²) in [5.41, 5.74) is 1.22. The van der Waals surface area contributed by atoms with Gasteiger partial charge in [-0.2, -0.15) is 0 Å². The number of H-pyrrole nitrogens is 1. The van der Waals surface area contributed by atoms with Gasteiger partial charge in [-0.3, -0.25) is 19.3 Å². The van der Waals surface area contributed by atoms with Crippen LogP contribution in [0.4, 0.5) is 0 Å². The van der Waals surface area contributed by atoms with Crippen LogP contribution in [-0.4, -0.2) is 52.0 Å². The minimum absolute atomic E-state index is 0.0816. The number of nitrogens with one attached hydrogen (secondary N) is 1. The molecule has 0 unspecified atom stereocenters. The highest BCUT2D eigenvalue weighted by molar-refractivity contribution is 7.71. The van der Waals surface area contributed by atoms with E-state index in [1.54, 1.807) is 4.57 Å². The van der Waals surface area contributed by atoms with Gasteiger partial charge in [-0.1, -0.05) is 18.1 Å². The van der Waals surface area contributed by atoms with Gasteiger partial charge in [-0.25, -0.2) is 0 Å². The first kappa shape index (κ1) is 20.0. The van der Waals surface area contributed by atoms with Crippen molar-refractivity contribution in [1.29, 1.82) is 0 Å². The molecule has 1 aromatic heterocycles. The predicted molar refractivity (Wildman–Crippen MR) is 111 cm³/mol. The van der Waals surface area contributed by atoms with Crippen LogP contribution in [-0.2, 0) is 6.54 Å². The molecule has 1 saturated heterocycles. The second-order valence-electron chi connectivity index (χ2n) is 7.44. The van der Waals surface area contributed by atoms with E-state index in [1.165, 1.54) is 43.9 Å². The lowest BCUT2D eigenvalue weighted by molar-refractivity contribution is 0.235. The second-order valence-corrected chi connectivity index (χ2v) is 7.83. The van der Waals surface area contributed by atoms with Crippen molar-refractivity contribution < 1.29 is 5.11 Å². The van der Waals surface area contributed by atoms with E-state index in [2.05, 4.69) is 21.0 Å². The zero-order chi connectivity index (χ0) is 19.1. The Morgan fingerprint density at radius 1 is 1.19 bits per heavy atom.